The van der Waals surface area contributed by atoms with E-state index in [0.717, 1.165) is 15.8 Å². The average Bonchev–Trinajstić information content (AvgIpc) is 3.43. The second-order valence-corrected chi connectivity index (χ2v) is 7.90. The lowest BCUT2D eigenvalue weighted by atomic mass is 10.1. The van der Waals surface area contributed by atoms with E-state index >= 15 is 0 Å². The van der Waals surface area contributed by atoms with E-state index in [0.29, 0.717) is 22.4 Å². The first kappa shape index (κ1) is 17.6. The minimum atomic E-state index is -0.215. The first-order valence-corrected chi connectivity index (χ1v) is 10.0. The normalized spacial score (nSPS) is 15.5. The Balaban J connectivity index is 1.66. The average molecular weight is 399 g/mol. The zero-order valence-corrected chi connectivity index (χ0v) is 16.7. The first-order valence-electron chi connectivity index (χ1n) is 9.22. The largest absolute Gasteiger partial charge is 0.465 e. The molecule has 1 aliphatic rings. The van der Waals surface area contributed by atoms with Gasteiger partial charge in [-0.3, -0.25) is 4.79 Å². The summed E-state index contributed by atoms with van der Waals surface area (Å²) < 4.78 is 6.42. The summed E-state index contributed by atoms with van der Waals surface area (Å²) in [6, 6.07) is 17.4. The van der Waals surface area contributed by atoms with Crippen LogP contribution in [0.4, 0.5) is 5.13 Å². The van der Waals surface area contributed by atoms with Crippen LogP contribution >= 0.6 is 11.3 Å². The number of thiazole rings is 1. The van der Waals surface area contributed by atoms with Crippen LogP contribution in [-0.2, 0) is 4.79 Å². The SMILES string of the molecule is Cc1cc2nc(N3C(=O)/C(=C/c4ccco4)N=C3c3ccccc3)sc2cc1C. The number of rotatable bonds is 3. The van der Waals surface area contributed by atoms with Crippen molar-refractivity contribution in [1.29, 1.82) is 0 Å². The van der Waals surface area contributed by atoms with E-state index in [2.05, 4.69) is 31.0 Å². The number of hydrogen-bond acceptors (Lipinski definition) is 5. The number of aromatic nitrogens is 1. The smallest absolute Gasteiger partial charge is 0.284 e. The van der Waals surface area contributed by atoms with Crippen molar-refractivity contribution in [3.63, 3.8) is 0 Å². The lowest BCUT2D eigenvalue weighted by Crippen LogP contribution is -2.32. The predicted octanol–water partition coefficient (Wildman–Crippen LogP) is 5.34. The van der Waals surface area contributed by atoms with Gasteiger partial charge in [0.15, 0.2) is 5.13 Å². The summed E-state index contributed by atoms with van der Waals surface area (Å²) in [4.78, 5) is 24.3. The Kier molecular flexibility index (Phi) is 4.14. The van der Waals surface area contributed by atoms with Crippen LogP contribution in [0.15, 0.2) is 76.0 Å². The van der Waals surface area contributed by atoms with Crippen molar-refractivity contribution in [2.75, 3.05) is 4.90 Å². The molecule has 142 valence electrons. The fraction of sp³-hybridized carbons (Fsp3) is 0.0870. The molecule has 1 amide bonds. The maximum absolute atomic E-state index is 13.3. The van der Waals surface area contributed by atoms with Crippen molar-refractivity contribution >= 4 is 44.5 Å². The number of carbonyl (C=O) groups excluding carboxylic acids is 1. The second kappa shape index (κ2) is 6.83. The van der Waals surface area contributed by atoms with Gasteiger partial charge in [0.05, 0.1) is 16.5 Å². The van der Waals surface area contributed by atoms with Crippen molar-refractivity contribution in [3.8, 4) is 0 Å². The molecule has 0 bridgehead atoms. The van der Waals surface area contributed by atoms with Crippen LogP contribution in [0.5, 0.6) is 0 Å². The molecule has 0 saturated carbocycles. The van der Waals surface area contributed by atoms with Gasteiger partial charge in [-0.05, 0) is 49.2 Å². The van der Waals surface area contributed by atoms with Crippen LogP contribution in [0.1, 0.15) is 22.5 Å². The number of furan rings is 1. The molecule has 0 radical (unpaired) electrons. The molecule has 0 spiro atoms. The van der Waals surface area contributed by atoms with Crippen molar-refractivity contribution < 1.29 is 9.21 Å². The highest BCUT2D eigenvalue weighted by Gasteiger charge is 2.34. The number of benzene rings is 2. The monoisotopic (exact) mass is 399 g/mol. The lowest BCUT2D eigenvalue weighted by molar-refractivity contribution is -0.113. The Bertz CT molecular complexity index is 1250. The maximum Gasteiger partial charge on any atom is 0.284 e. The Morgan fingerprint density at radius 1 is 1.03 bits per heavy atom. The first-order chi connectivity index (χ1) is 14.1. The number of aryl methyl sites for hydroxylation is 2. The Morgan fingerprint density at radius 3 is 2.59 bits per heavy atom. The van der Waals surface area contributed by atoms with Gasteiger partial charge in [0.2, 0.25) is 0 Å². The number of hydrogen-bond donors (Lipinski definition) is 0. The van der Waals surface area contributed by atoms with Crippen molar-refractivity contribution in [1.82, 2.24) is 4.98 Å². The Morgan fingerprint density at radius 2 is 1.83 bits per heavy atom. The molecule has 6 heteroatoms. The molecule has 2 aromatic heterocycles. The Labute approximate surface area is 171 Å². The minimum absolute atomic E-state index is 0.215. The molecule has 1 aliphatic heterocycles. The van der Waals surface area contributed by atoms with Crippen LogP contribution in [0, 0.1) is 13.8 Å². The molecule has 5 nitrogen and oxygen atoms in total. The van der Waals surface area contributed by atoms with Crippen LogP contribution < -0.4 is 4.90 Å². The number of carbonyl (C=O) groups is 1. The van der Waals surface area contributed by atoms with E-state index < -0.39 is 0 Å². The predicted molar refractivity (Wildman–Crippen MR) is 116 cm³/mol. The third-order valence-corrected chi connectivity index (χ3v) is 5.90. The molecule has 3 heterocycles. The molecule has 4 aromatic rings. The highest BCUT2D eigenvalue weighted by atomic mass is 32.1. The summed E-state index contributed by atoms with van der Waals surface area (Å²) in [6.45, 7) is 4.14. The van der Waals surface area contributed by atoms with Crippen molar-refractivity contribution in [2.24, 2.45) is 4.99 Å². The number of anilines is 1. The standard InChI is InChI=1S/C23H17N3O2S/c1-14-11-18-20(12-15(14)2)29-23(25-18)26-21(16-7-4-3-5-8-16)24-19(22(26)27)13-17-9-6-10-28-17/h3-13H,1-2H3/b19-13-. The second-order valence-electron chi connectivity index (χ2n) is 6.89. The third-order valence-electron chi connectivity index (χ3n) is 4.90. The van der Waals surface area contributed by atoms with Crippen LogP contribution in [-0.4, -0.2) is 16.7 Å². The zero-order chi connectivity index (χ0) is 20.0. The molecule has 0 N–H and O–H groups in total. The van der Waals surface area contributed by atoms with Gasteiger partial charge >= 0.3 is 0 Å². The van der Waals surface area contributed by atoms with E-state index in [9.17, 15) is 4.79 Å². The molecule has 5 rings (SSSR count). The maximum atomic E-state index is 13.3. The van der Waals surface area contributed by atoms with Gasteiger partial charge < -0.3 is 4.42 Å². The summed E-state index contributed by atoms with van der Waals surface area (Å²) in [6.07, 6.45) is 3.23. The summed E-state index contributed by atoms with van der Waals surface area (Å²) in [7, 11) is 0. The Hall–Kier alpha value is -3.51. The van der Waals surface area contributed by atoms with Crippen LogP contribution in [0.25, 0.3) is 16.3 Å². The highest BCUT2D eigenvalue weighted by Crippen LogP contribution is 2.35. The molecule has 0 saturated heterocycles. The highest BCUT2D eigenvalue weighted by molar-refractivity contribution is 7.22. The number of amides is 1. The van der Waals surface area contributed by atoms with Gasteiger partial charge in [-0.25, -0.2) is 14.9 Å². The van der Waals surface area contributed by atoms with E-state index in [1.165, 1.54) is 22.5 Å². The fourth-order valence-electron chi connectivity index (χ4n) is 3.25. The van der Waals surface area contributed by atoms with E-state index in [1.54, 1.807) is 29.4 Å². The topological polar surface area (TPSA) is 58.7 Å². The molecule has 0 unspecified atom stereocenters. The number of nitrogens with zero attached hydrogens (tertiary/aromatic N) is 3. The van der Waals surface area contributed by atoms with Crippen molar-refractivity contribution in [2.45, 2.75) is 13.8 Å². The summed E-state index contributed by atoms with van der Waals surface area (Å²) in [5.41, 5.74) is 4.45. The summed E-state index contributed by atoms with van der Waals surface area (Å²) in [5, 5.41) is 0.612. The molecular formula is C23H17N3O2S. The van der Waals surface area contributed by atoms with E-state index in [-0.39, 0.29) is 5.91 Å². The molecular weight excluding hydrogens is 382 g/mol. The van der Waals surface area contributed by atoms with Crippen molar-refractivity contribution in [3.05, 3.63) is 89.0 Å². The number of fused-ring (bicyclic) bond motifs is 1. The lowest BCUT2D eigenvalue weighted by Gasteiger charge is -2.14. The molecule has 0 aliphatic carbocycles. The van der Waals surface area contributed by atoms with Crippen LogP contribution in [0.2, 0.25) is 0 Å². The van der Waals surface area contributed by atoms with Crippen LogP contribution in [0.3, 0.4) is 0 Å². The fourth-order valence-corrected chi connectivity index (χ4v) is 4.29. The van der Waals surface area contributed by atoms with E-state index in [4.69, 9.17) is 9.40 Å². The van der Waals surface area contributed by atoms with Gasteiger partial charge in [-0.1, -0.05) is 41.7 Å². The van der Waals surface area contributed by atoms with Gasteiger partial charge in [-0.15, -0.1) is 0 Å². The molecule has 29 heavy (non-hydrogen) atoms. The number of amidine groups is 1. The van der Waals surface area contributed by atoms with Gasteiger partial charge in [0, 0.05) is 11.6 Å². The van der Waals surface area contributed by atoms with E-state index in [1.807, 2.05) is 30.3 Å². The number of aliphatic imine (C=N–C) groups is 1. The molecule has 0 fully saturated rings. The van der Waals surface area contributed by atoms with Gasteiger partial charge in [0.25, 0.3) is 5.91 Å². The van der Waals surface area contributed by atoms with Gasteiger partial charge in [0.1, 0.15) is 17.3 Å². The third kappa shape index (κ3) is 3.07. The molecule has 0 atom stereocenters. The summed E-state index contributed by atoms with van der Waals surface area (Å²) in [5.74, 6) is 0.940. The van der Waals surface area contributed by atoms with Gasteiger partial charge in [-0.2, -0.15) is 0 Å². The zero-order valence-electron chi connectivity index (χ0n) is 15.9. The quantitative estimate of drug-likeness (QED) is 0.437. The molecule has 2 aromatic carbocycles. The summed E-state index contributed by atoms with van der Waals surface area (Å²) >= 11 is 1.49. The minimum Gasteiger partial charge on any atom is -0.465 e.